The van der Waals surface area contributed by atoms with Gasteiger partial charge in [-0.1, -0.05) is 19.1 Å². The molecule has 0 bridgehead atoms. The highest BCUT2D eigenvalue weighted by atomic mass is 32.2. The van der Waals surface area contributed by atoms with Crippen LogP contribution in [0.5, 0.6) is 0 Å². The summed E-state index contributed by atoms with van der Waals surface area (Å²) in [6, 6.07) is 12.0. The quantitative estimate of drug-likeness (QED) is 0.609. The van der Waals surface area contributed by atoms with Crippen LogP contribution in [-0.2, 0) is 0 Å². The van der Waals surface area contributed by atoms with Gasteiger partial charge in [-0.05, 0) is 48.9 Å². The van der Waals surface area contributed by atoms with E-state index in [1.807, 2.05) is 29.2 Å². The van der Waals surface area contributed by atoms with Gasteiger partial charge in [0.25, 0.3) is 0 Å². The number of benzene rings is 2. The SMILES string of the molecule is CCSc1ccccc1NC(=O)N1CCC[C@H]1c1nc2ccc(F)cc2[nH]1. The van der Waals surface area contributed by atoms with Gasteiger partial charge in [0.2, 0.25) is 0 Å². The first-order valence-electron chi connectivity index (χ1n) is 9.10. The Morgan fingerprint density at radius 2 is 2.22 bits per heavy atom. The van der Waals surface area contributed by atoms with Crippen LogP contribution in [0, 0.1) is 5.82 Å². The minimum Gasteiger partial charge on any atom is -0.340 e. The number of para-hydroxylation sites is 1. The van der Waals surface area contributed by atoms with Crippen LogP contribution in [0.4, 0.5) is 14.9 Å². The van der Waals surface area contributed by atoms with Crippen molar-refractivity contribution in [3.63, 3.8) is 0 Å². The van der Waals surface area contributed by atoms with Crippen LogP contribution in [-0.4, -0.2) is 33.2 Å². The van der Waals surface area contributed by atoms with Gasteiger partial charge < -0.3 is 15.2 Å². The minimum absolute atomic E-state index is 0.131. The fourth-order valence-electron chi connectivity index (χ4n) is 3.49. The zero-order chi connectivity index (χ0) is 18.8. The van der Waals surface area contributed by atoms with E-state index in [0.717, 1.165) is 29.2 Å². The number of carbonyl (C=O) groups excluding carboxylic acids is 1. The molecular weight excluding hydrogens is 363 g/mol. The van der Waals surface area contributed by atoms with Crippen molar-refractivity contribution in [1.29, 1.82) is 0 Å². The van der Waals surface area contributed by atoms with Crippen LogP contribution in [0.2, 0.25) is 0 Å². The zero-order valence-corrected chi connectivity index (χ0v) is 15.9. The first-order valence-corrected chi connectivity index (χ1v) is 10.1. The maximum Gasteiger partial charge on any atom is 0.322 e. The lowest BCUT2D eigenvalue weighted by Gasteiger charge is -2.24. The third-order valence-electron chi connectivity index (χ3n) is 4.72. The van der Waals surface area contributed by atoms with Gasteiger partial charge in [0, 0.05) is 11.4 Å². The van der Waals surface area contributed by atoms with E-state index in [9.17, 15) is 9.18 Å². The Bertz CT molecular complexity index is 974. The van der Waals surface area contributed by atoms with Crippen molar-refractivity contribution in [1.82, 2.24) is 14.9 Å². The Kier molecular flexibility index (Phi) is 5.03. The van der Waals surface area contributed by atoms with Gasteiger partial charge in [0.1, 0.15) is 11.6 Å². The summed E-state index contributed by atoms with van der Waals surface area (Å²) in [6.45, 7) is 2.76. The number of nitrogens with one attached hydrogen (secondary N) is 2. The van der Waals surface area contributed by atoms with Crippen molar-refractivity contribution in [2.45, 2.75) is 30.7 Å². The number of rotatable bonds is 4. The fraction of sp³-hybridized carbons (Fsp3) is 0.300. The summed E-state index contributed by atoms with van der Waals surface area (Å²) in [7, 11) is 0. The molecule has 4 rings (SSSR count). The average molecular weight is 384 g/mol. The molecule has 1 fully saturated rings. The highest BCUT2D eigenvalue weighted by Gasteiger charge is 2.32. The van der Waals surface area contributed by atoms with Crippen LogP contribution in [0.1, 0.15) is 31.6 Å². The summed E-state index contributed by atoms with van der Waals surface area (Å²) in [5.74, 6) is 1.35. The molecule has 1 aromatic heterocycles. The Hall–Kier alpha value is -2.54. The molecule has 2 amide bonds. The molecule has 5 nitrogen and oxygen atoms in total. The van der Waals surface area contributed by atoms with E-state index in [-0.39, 0.29) is 17.9 Å². The number of fused-ring (bicyclic) bond motifs is 1. The molecule has 2 N–H and O–H groups in total. The number of anilines is 1. The second kappa shape index (κ2) is 7.60. The van der Waals surface area contributed by atoms with Gasteiger partial charge >= 0.3 is 6.03 Å². The predicted octanol–water partition coefficient (Wildman–Crippen LogP) is 5.18. The molecule has 3 aromatic rings. The summed E-state index contributed by atoms with van der Waals surface area (Å²) >= 11 is 1.70. The molecule has 0 unspecified atom stereocenters. The standard InChI is InChI=1S/C20H21FN4OS/c1-2-27-18-8-4-3-6-15(18)24-20(26)25-11-5-7-17(25)19-22-14-10-9-13(21)12-16(14)23-19/h3-4,6,8-10,12,17H,2,5,7,11H2,1H3,(H,22,23)(H,24,26)/t17-/m0/s1. The monoisotopic (exact) mass is 384 g/mol. The number of aromatic nitrogens is 2. The number of hydrogen-bond acceptors (Lipinski definition) is 3. The molecular formula is C20H21FN4OS. The smallest absolute Gasteiger partial charge is 0.322 e. The normalized spacial score (nSPS) is 16.8. The largest absolute Gasteiger partial charge is 0.340 e. The highest BCUT2D eigenvalue weighted by molar-refractivity contribution is 7.99. The lowest BCUT2D eigenvalue weighted by molar-refractivity contribution is 0.205. The Labute approximate surface area is 161 Å². The second-order valence-corrected chi connectivity index (χ2v) is 7.80. The number of thioether (sulfide) groups is 1. The predicted molar refractivity (Wildman–Crippen MR) is 107 cm³/mol. The molecule has 7 heteroatoms. The van der Waals surface area contributed by atoms with Crippen LogP contribution < -0.4 is 5.32 Å². The highest BCUT2D eigenvalue weighted by Crippen LogP contribution is 2.33. The van der Waals surface area contributed by atoms with Gasteiger partial charge in [0.05, 0.1) is 22.8 Å². The molecule has 2 aromatic carbocycles. The van der Waals surface area contributed by atoms with E-state index < -0.39 is 0 Å². The molecule has 0 radical (unpaired) electrons. The summed E-state index contributed by atoms with van der Waals surface area (Å²) in [5, 5.41) is 3.04. The minimum atomic E-state index is -0.302. The number of halogens is 1. The van der Waals surface area contributed by atoms with Crippen molar-refractivity contribution < 1.29 is 9.18 Å². The van der Waals surface area contributed by atoms with Crippen molar-refractivity contribution in [3.8, 4) is 0 Å². The van der Waals surface area contributed by atoms with Crippen molar-refractivity contribution in [3.05, 3.63) is 54.1 Å². The van der Waals surface area contributed by atoms with E-state index in [0.29, 0.717) is 23.4 Å². The second-order valence-electron chi connectivity index (χ2n) is 6.49. The third-order valence-corrected chi connectivity index (χ3v) is 5.68. The topological polar surface area (TPSA) is 61.0 Å². The number of imidazole rings is 1. The van der Waals surface area contributed by atoms with Crippen LogP contribution in [0.3, 0.4) is 0 Å². The number of H-pyrrole nitrogens is 1. The molecule has 0 spiro atoms. The van der Waals surface area contributed by atoms with Gasteiger partial charge in [-0.15, -0.1) is 11.8 Å². The van der Waals surface area contributed by atoms with Gasteiger partial charge in [0.15, 0.2) is 0 Å². The Morgan fingerprint density at radius 3 is 3.07 bits per heavy atom. The molecule has 140 valence electrons. The number of carbonyl (C=O) groups is 1. The molecule has 0 saturated carbocycles. The third kappa shape index (κ3) is 3.64. The first kappa shape index (κ1) is 17.9. The summed E-state index contributed by atoms with van der Waals surface area (Å²) in [4.78, 5) is 23.6. The van der Waals surface area contributed by atoms with Gasteiger partial charge in [-0.25, -0.2) is 14.2 Å². The maximum absolute atomic E-state index is 13.4. The van der Waals surface area contributed by atoms with E-state index in [1.54, 1.807) is 17.8 Å². The number of hydrogen-bond donors (Lipinski definition) is 2. The maximum atomic E-state index is 13.4. The molecule has 1 aliphatic heterocycles. The number of nitrogens with zero attached hydrogens (tertiary/aromatic N) is 2. The van der Waals surface area contributed by atoms with Crippen molar-refractivity contribution in [2.24, 2.45) is 0 Å². The number of aromatic amines is 1. The average Bonchev–Trinajstić information content (AvgIpc) is 3.29. The first-order chi connectivity index (χ1) is 13.2. The lowest BCUT2D eigenvalue weighted by Crippen LogP contribution is -2.35. The van der Waals surface area contributed by atoms with E-state index >= 15 is 0 Å². The molecule has 2 heterocycles. The molecule has 1 saturated heterocycles. The Balaban J connectivity index is 1.56. The van der Waals surface area contributed by atoms with Crippen LogP contribution in [0.25, 0.3) is 11.0 Å². The Morgan fingerprint density at radius 1 is 1.37 bits per heavy atom. The number of amides is 2. The summed E-state index contributed by atoms with van der Waals surface area (Å²) in [6.07, 6.45) is 1.75. The van der Waals surface area contributed by atoms with E-state index in [2.05, 4.69) is 22.2 Å². The number of urea groups is 1. The van der Waals surface area contributed by atoms with Crippen LogP contribution >= 0.6 is 11.8 Å². The summed E-state index contributed by atoms with van der Waals surface area (Å²) < 4.78 is 13.4. The van der Waals surface area contributed by atoms with E-state index in [4.69, 9.17) is 0 Å². The van der Waals surface area contributed by atoms with E-state index in [1.165, 1.54) is 12.1 Å². The molecule has 27 heavy (non-hydrogen) atoms. The van der Waals surface area contributed by atoms with Crippen molar-refractivity contribution in [2.75, 3.05) is 17.6 Å². The van der Waals surface area contributed by atoms with Gasteiger partial charge in [-0.2, -0.15) is 0 Å². The fourth-order valence-corrected chi connectivity index (χ4v) is 4.25. The molecule has 1 atom stereocenters. The zero-order valence-electron chi connectivity index (χ0n) is 15.0. The lowest BCUT2D eigenvalue weighted by atomic mass is 10.2. The van der Waals surface area contributed by atoms with Crippen molar-refractivity contribution >= 4 is 34.5 Å². The molecule has 0 aliphatic carbocycles. The van der Waals surface area contributed by atoms with Gasteiger partial charge in [-0.3, -0.25) is 0 Å². The molecule has 1 aliphatic rings. The summed E-state index contributed by atoms with van der Waals surface area (Å²) in [5.41, 5.74) is 2.19. The van der Waals surface area contributed by atoms with Crippen LogP contribution in [0.15, 0.2) is 47.4 Å². The number of likely N-dealkylation sites (tertiary alicyclic amines) is 1.